The van der Waals surface area contributed by atoms with Crippen molar-refractivity contribution >= 4 is 11.9 Å². The third kappa shape index (κ3) is 5.44. The van der Waals surface area contributed by atoms with E-state index in [0.29, 0.717) is 28.1 Å². The number of alkyl halides is 4. The second kappa shape index (κ2) is 9.21. The van der Waals surface area contributed by atoms with Crippen molar-refractivity contribution in [1.29, 1.82) is 0 Å². The zero-order chi connectivity index (χ0) is 21.8. The van der Waals surface area contributed by atoms with Crippen molar-refractivity contribution in [3.8, 4) is 5.75 Å². The molecule has 2 rings (SSSR count). The van der Waals surface area contributed by atoms with Crippen LogP contribution in [0.5, 0.6) is 5.75 Å². The fourth-order valence-electron chi connectivity index (χ4n) is 2.76. The SMILES string of the molecule is COc1ccc(/C=C/C(=O)c2c(C)nn(C)c2C)cc1COCC(F)(F)C(F)F. The molecule has 1 heterocycles. The van der Waals surface area contributed by atoms with Gasteiger partial charge in [-0.25, -0.2) is 8.78 Å². The van der Waals surface area contributed by atoms with Crippen LogP contribution in [0.2, 0.25) is 0 Å². The molecule has 9 heteroatoms. The van der Waals surface area contributed by atoms with Gasteiger partial charge < -0.3 is 9.47 Å². The zero-order valence-corrected chi connectivity index (χ0v) is 16.5. The van der Waals surface area contributed by atoms with Crippen LogP contribution in [0.3, 0.4) is 0 Å². The van der Waals surface area contributed by atoms with Crippen LogP contribution in [0.15, 0.2) is 24.3 Å². The molecule has 158 valence electrons. The highest BCUT2D eigenvalue weighted by Crippen LogP contribution is 2.26. The van der Waals surface area contributed by atoms with Gasteiger partial charge in [0.05, 0.1) is 25.0 Å². The lowest BCUT2D eigenvalue weighted by Gasteiger charge is -2.16. The molecule has 5 nitrogen and oxygen atoms in total. The second-order valence-corrected chi connectivity index (χ2v) is 6.49. The Balaban J connectivity index is 2.15. The minimum atomic E-state index is -4.23. The standard InChI is InChI=1S/C20H22F4N2O3/c1-12-18(13(2)26(3)25-12)16(27)7-5-14-6-8-17(28-4)15(9-14)10-29-11-20(23,24)19(21)22/h5-9,19H,10-11H2,1-4H3/b7-5+. The molecule has 0 amide bonds. The molecule has 0 aliphatic heterocycles. The zero-order valence-electron chi connectivity index (χ0n) is 16.5. The number of hydrogen-bond acceptors (Lipinski definition) is 4. The lowest BCUT2D eigenvalue weighted by molar-refractivity contribution is -0.168. The molecule has 0 aliphatic carbocycles. The molecular formula is C20H22F4N2O3. The number of allylic oxidation sites excluding steroid dienone is 1. The molecule has 2 aromatic rings. The molecule has 0 fully saturated rings. The molecule has 0 unspecified atom stereocenters. The van der Waals surface area contributed by atoms with E-state index in [1.165, 1.54) is 13.2 Å². The lowest BCUT2D eigenvalue weighted by Crippen LogP contribution is -2.32. The average molecular weight is 414 g/mol. The first kappa shape index (κ1) is 22.6. The summed E-state index contributed by atoms with van der Waals surface area (Å²) in [6, 6.07) is 4.82. The van der Waals surface area contributed by atoms with E-state index in [1.54, 1.807) is 49.9 Å². The van der Waals surface area contributed by atoms with Crippen molar-refractivity contribution in [3.63, 3.8) is 0 Å². The predicted octanol–water partition coefficient (Wildman–Crippen LogP) is 4.36. The van der Waals surface area contributed by atoms with Crippen LogP contribution in [-0.4, -0.2) is 41.6 Å². The second-order valence-electron chi connectivity index (χ2n) is 6.49. The van der Waals surface area contributed by atoms with Crippen molar-refractivity contribution in [3.05, 3.63) is 52.4 Å². The molecule has 1 aromatic heterocycles. The number of carbonyl (C=O) groups is 1. The number of halogens is 4. The Morgan fingerprint density at radius 2 is 2.00 bits per heavy atom. The molecule has 0 bridgehead atoms. The summed E-state index contributed by atoms with van der Waals surface area (Å²) >= 11 is 0. The first-order valence-electron chi connectivity index (χ1n) is 8.70. The number of hydrogen-bond donors (Lipinski definition) is 0. The van der Waals surface area contributed by atoms with E-state index < -0.39 is 19.0 Å². The molecule has 0 aliphatic rings. The van der Waals surface area contributed by atoms with Gasteiger partial charge >= 0.3 is 12.3 Å². The van der Waals surface area contributed by atoms with Gasteiger partial charge in [0.1, 0.15) is 12.4 Å². The molecule has 0 N–H and O–H groups in total. The summed E-state index contributed by atoms with van der Waals surface area (Å²) in [5, 5.41) is 4.20. The van der Waals surface area contributed by atoms with Crippen molar-refractivity contribution in [2.45, 2.75) is 32.8 Å². The summed E-state index contributed by atoms with van der Waals surface area (Å²) in [5.74, 6) is -4.09. The number of ketones is 1. The summed E-state index contributed by atoms with van der Waals surface area (Å²) in [6.45, 7) is 1.78. The Morgan fingerprint density at radius 1 is 1.31 bits per heavy atom. The number of ether oxygens (including phenoxy) is 2. The number of carbonyl (C=O) groups excluding carboxylic acids is 1. The van der Waals surface area contributed by atoms with Crippen LogP contribution in [0.25, 0.3) is 6.08 Å². The predicted molar refractivity (Wildman–Crippen MR) is 99.6 cm³/mol. The Hall–Kier alpha value is -2.68. The topological polar surface area (TPSA) is 53.3 Å². The maximum absolute atomic E-state index is 13.0. The van der Waals surface area contributed by atoms with E-state index in [1.807, 2.05) is 0 Å². The Labute approximate surface area is 165 Å². The summed E-state index contributed by atoms with van der Waals surface area (Å²) in [7, 11) is 3.13. The molecule has 29 heavy (non-hydrogen) atoms. The number of benzene rings is 1. The van der Waals surface area contributed by atoms with Crippen LogP contribution in [0, 0.1) is 13.8 Å². The van der Waals surface area contributed by atoms with Gasteiger partial charge in [-0.3, -0.25) is 9.48 Å². The van der Waals surface area contributed by atoms with Gasteiger partial charge in [0.15, 0.2) is 5.78 Å². The van der Waals surface area contributed by atoms with Crippen LogP contribution in [0.1, 0.15) is 32.9 Å². The normalized spacial score (nSPS) is 12.2. The summed E-state index contributed by atoms with van der Waals surface area (Å²) < 4.78 is 61.9. The van der Waals surface area contributed by atoms with Crippen LogP contribution < -0.4 is 4.74 Å². The minimum Gasteiger partial charge on any atom is -0.496 e. The van der Waals surface area contributed by atoms with Crippen molar-refractivity contribution in [2.24, 2.45) is 7.05 Å². The van der Waals surface area contributed by atoms with Gasteiger partial charge in [-0.1, -0.05) is 12.1 Å². The quantitative estimate of drug-likeness (QED) is 0.348. The number of aryl methyl sites for hydroxylation is 2. The average Bonchev–Trinajstić information content (AvgIpc) is 2.91. The Morgan fingerprint density at radius 3 is 2.55 bits per heavy atom. The molecular weight excluding hydrogens is 392 g/mol. The molecule has 1 aromatic carbocycles. The molecule has 0 saturated carbocycles. The summed E-state index contributed by atoms with van der Waals surface area (Å²) in [6.07, 6.45) is -0.858. The summed E-state index contributed by atoms with van der Waals surface area (Å²) in [5.41, 5.74) is 2.85. The monoisotopic (exact) mass is 414 g/mol. The number of nitrogens with zero attached hydrogens (tertiary/aromatic N) is 2. The molecule has 0 radical (unpaired) electrons. The largest absolute Gasteiger partial charge is 0.496 e. The van der Waals surface area contributed by atoms with E-state index in [4.69, 9.17) is 9.47 Å². The number of aromatic nitrogens is 2. The van der Waals surface area contributed by atoms with Crippen LogP contribution in [-0.2, 0) is 18.4 Å². The van der Waals surface area contributed by atoms with Gasteiger partial charge in [0, 0.05) is 18.3 Å². The van der Waals surface area contributed by atoms with Gasteiger partial charge in [-0.15, -0.1) is 0 Å². The third-order valence-corrected chi connectivity index (χ3v) is 4.36. The van der Waals surface area contributed by atoms with Crippen molar-refractivity contribution in [2.75, 3.05) is 13.7 Å². The fourth-order valence-corrected chi connectivity index (χ4v) is 2.76. The first-order chi connectivity index (χ1) is 13.6. The first-order valence-corrected chi connectivity index (χ1v) is 8.70. The van der Waals surface area contributed by atoms with Crippen LogP contribution >= 0.6 is 0 Å². The molecule has 0 spiro atoms. The lowest BCUT2D eigenvalue weighted by atomic mass is 10.1. The minimum absolute atomic E-state index is 0.224. The van der Waals surface area contributed by atoms with Gasteiger partial charge in [-0.2, -0.15) is 13.9 Å². The number of methoxy groups -OCH3 is 1. The molecule has 0 saturated heterocycles. The van der Waals surface area contributed by atoms with E-state index in [0.717, 1.165) is 5.69 Å². The van der Waals surface area contributed by atoms with Crippen molar-refractivity contribution in [1.82, 2.24) is 9.78 Å². The highest BCUT2D eigenvalue weighted by atomic mass is 19.3. The highest BCUT2D eigenvalue weighted by molar-refractivity contribution is 6.08. The smallest absolute Gasteiger partial charge is 0.330 e. The molecule has 0 atom stereocenters. The Bertz CT molecular complexity index is 907. The van der Waals surface area contributed by atoms with E-state index in [9.17, 15) is 22.4 Å². The van der Waals surface area contributed by atoms with Gasteiger partial charge in [-0.05, 0) is 37.6 Å². The summed E-state index contributed by atoms with van der Waals surface area (Å²) in [4.78, 5) is 12.5. The van der Waals surface area contributed by atoms with Gasteiger partial charge in [0.2, 0.25) is 0 Å². The van der Waals surface area contributed by atoms with Crippen molar-refractivity contribution < 1.29 is 31.8 Å². The maximum atomic E-state index is 13.0. The maximum Gasteiger partial charge on any atom is 0.330 e. The Kier molecular flexibility index (Phi) is 7.18. The highest BCUT2D eigenvalue weighted by Gasteiger charge is 2.41. The fraction of sp³-hybridized carbons (Fsp3) is 0.400. The van der Waals surface area contributed by atoms with Gasteiger partial charge in [0.25, 0.3) is 0 Å². The van der Waals surface area contributed by atoms with Crippen LogP contribution in [0.4, 0.5) is 17.6 Å². The van der Waals surface area contributed by atoms with E-state index in [2.05, 4.69) is 5.10 Å². The van der Waals surface area contributed by atoms with E-state index >= 15 is 0 Å². The third-order valence-electron chi connectivity index (χ3n) is 4.36. The number of rotatable bonds is 9. The van der Waals surface area contributed by atoms with E-state index in [-0.39, 0.29) is 12.4 Å².